The van der Waals surface area contributed by atoms with Gasteiger partial charge in [0.2, 0.25) is 0 Å². The maximum atomic E-state index is 12.5. The average Bonchev–Trinajstić information content (AvgIpc) is 3.05. The highest BCUT2D eigenvalue weighted by Gasteiger charge is 2.28. The van der Waals surface area contributed by atoms with Gasteiger partial charge in [0, 0.05) is 12.1 Å². The second kappa shape index (κ2) is 6.62. The summed E-state index contributed by atoms with van der Waals surface area (Å²) in [5.74, 6) is 0. The van der Waals surface area contributed by atoms with Gasteiger partial charge in [-0.2, -0.15) is 0 Å². The number of para-hydroxylation sites is 1. The zero-order chi connectivity index (χ0) is 15.4. The minimum Gasteiger partial charge on any atom is -0.394 e. The minimum absolute atomic E-state index is 0.0216. The third-order valence-electron chi connectivity index (χ3n) is 4.10. The third kappa shape index (κ3) is 2.97. The maximum absolute atomic E-state index is 12.5. The van der Waals surface area contributed by atoms with Crippen LogP contribution < -0.4 is 5.32 Å². The van der Waals surface area contributed by atoms with E-state index in [0.717, 1.165) is 29.7 Å². The molecule has 0 bridgehead atoms. The second-order valence-electron chi connectivity index (χ2n) is 5.51. The van der Waals surface area contributed by atoms with Gasteiger partial charge in [-0.3, -0.25) is 0 Å². The van der Waals surface area contributed by atoms with Crippen LogP contribution in [0.15, 0.2) is 54.6 Å². The van der Waals surface area contributed by atoms with Crippen LogP contribution in [0.1, 0.15) is 12.8 Å². The molecule has 0 radical (unpaired) electrons. The average molecular weight is 296 g/mol. The number of rotatable bonds is 3. The highest BCUT2D eigenvalue weighted by atomic mass is 16.3. The first-order valence-corrected chi connectivity index (χ1v) is 7.62. The summed E-state index contributed by atoms with van der Waals surface area (Å²) in [5.41, 5.74) is 2.86. The number of carbonyl (C=O) groups excluding carboxylic acids is 1. The van der Waals surface area contributed by atoms with Crippen LogP contribution in [0.3, 0.4) is 0 Å². The van der Waals surface area contributed by atoms with Gasteiger partial charge in [0.25, 0.3) is 0 Å². The first-order valence-electron chi connectivity index (χ1n) is 7.62. The van der Waals surface area contributed by atoms with Crippen LogP contribution in [0.25, 0.3) is 11.1 Å². The lowest BCUT2D eigenvalue weighted by Gasteiger charge is -2.24. The van der Waals surface area contributed by atoms with Gasteiger partial charge >= 0.3 is 6.03 Å². The minimum atomic E-state index is -0.139. The van der Waals surface area contributed by atoms with E-state index in [1.165, 1.54) is 0 Å². The van der Waals surface area contributed by atoms with Gasteiger partial charge in [0.15, 0.2) is 0 Å². The quantitative estimate of drug-likeness (QED) is 0.912. The monoisotopic (exact) mass is 296 g/mol. The van der Waals surface area contributed by atoms with E-state index in [1.807, 2.05) is 54.6 Å². The molecule has 2 N–H and O–H groups in total. The van der Waals surface area contributed by atoms with Crippen molar-refractivity contribution in [3.05, 3.63) is 54.6 Å². The summed E-state index contributed by atoms with van der Waals surface area (Å²) in [6.45, 7) is 0.721. The van der Waals surface area contributed by atoms with Crippen LogP contribution in [0.5, 0.6) is 0 Å². The Labute approximate surface area is 130 Å². The smallest absolute Gasteiger partial charge is 0.322 e. The molecule has 4 heteroatoms. The zero-order valence-corrected chi connectivity index (χ0v) is 12.4. The molecule has 0 spiro atoms. The molecule has 1 fully saturated rings. The number of nitrogens with zero attached hydrogens (tertiary/aromatic N) is 1. The largest absolute Gasteiger partial charge is 0.394 e. The summed E-state index contributed by atoms with van der Waals surface area (Å²) in [4.78, 5) is 14.2. The molecule has 0 saturated carbocycles. The molecule has 114 valence electrons. The van der Waals surface area contributed by atoms with Gasteiger partial charge in [-0.15, -0.1) is 0 Å². The van der Waals surface area contributed by atoms with Crippen LogP contribution in [-0.2, 0) is 0 Å². The van der Waals surface area contributed by atoms with Gasteiger partial charge in [-0.25, -0.2) is 4.79 Å². The third-order valence-corrected chi connectivity index (χ3v) is 4.10. The predicted octanol–water partition coefficient (Wildman–Crippen LogP) is 3.34. The number of aliphatic hydroxyl groups excluding tert-OH is 1. The number of nitrogens with one attached hydrogen (secondary N) is 1. The van der Waals surface area contributed by atoms with Crippen molar-refractivity contribution in [1.29, 1.82) is 0 Å². The SMILES string of the molecule is O=C(Nc1ccccc1-c1ccccc1)N1CCC[C@H]1CO. The molecule has 1 aliphatic heterocycles. The summed E-state index contributed by atoms with van der Waals surface area (Å²) in [6.07, 6.45) is 1.81. The number of amides is 2. The zero-order valence-electron chi connectivity index (χ0n) is 12.4. The standard InChI is InChI=1S/C18H20N2O2/c21-13-15-9-6-12-20(15)18(22)19-17-11-5-4-10-16(17)14-7-2-1-3-8-14/h1-5,7-8,10-11,15,21H,6,9,12-13H2,(H,19,22)/t15-/m0/s1. The van der Waals surface area contributed by atoms with Gasteiger partial charge < -0.3 is 15.3 Å². The van der Waals surface area contributed by atoms with Gasteiger partial charge in [-0.05, 0) is 24.5 Å². The van der Waals surface area contributed by atoms with E-state index in [-0.39, 0.29) is 18.7 Å². The van der Waals surface area contributed by atoms with Crippen molar-refractivity contribution in [1.82, 2.24) is 4.90 Å². The van der Waals surface area contributed by atoms with Crippen LogP contribution in [-0.4, -0.2) is 35.2 Å². The molecular weight excluding hydrogens is 276 g/mol. The van der Waals surface area contributed by atoms with Crippen molar-refractivity contribution in [3.63, 3.8) is 0 Å². The molecule has 2 amide bonds. The summed E-state index contributed by atoms with van der Waals surface area (Å²) < 4.78 is 0. The van der Waals surface area contributed by atoms with Crippen molar-refractivity contribution in [2.24, 2.45) is 0 Å². The summed E-state index contributed by atoms with van der Waals surface area (Å²) in [7, 11) is 0. The Balaban J connectivity index is 1.83. The van der Waals surface area contributed by atoms with Crippen LogP contribution in [0.4, 0.5) is 10.5 Å². The fourth-order valence-electron chi connectivity index (χ4n) is 2.94. The number of urea groups is 1. The van der Waals surface area contributed by atoms with Gasteiger partial charge in [-0.1, -0.05) is 48.5 Å². The van der Waals surface area contributed by atoms with E-state index in [4.69, 9.17) is 0 Å². The number of likely N-dealkylation sites (tertiary alicyclic amines) is 1. The Bertz CT molecular complexity index is 643. The first-order chi connectivity index (χ1) is 10.8. The lowest BCUT2D eigenvalue weighted by atomic mass is 10.0. The lowest BCUT2D eigenvalue weighted by molar-refractivity contribution is 0.166. The second-order valence-corrected chi connectivity index (χ2v) is 5.51. The molecule has 0 aliphatic carbocycles. The topological polar surface area (TPSA) is 52.6 Å². The molecule has 1 atom stereocenters. The van der Waals surface area contributed by atoms with Crippen LogP contribution in [0, 0.1) is 0 Å². The van der Waals surface area contributed by atoms with Crippen molar-refractivity contribution in [3.8, 4) is 11.1 Å². The molecule has 2 aromatic carbocycles. The first kappa shape index (κ1) is 14.6. The van der Waals surface area contributed by atoms with E-state index >= 15 is 0 Å². The molecule has 2 aromatic rings. The van der Waals surface area contributed by atoms with Crippen molar-refractivity contribution in [2.45, 2.75) is 18.9 Å². The molecule has 4 nitrogen and oxygen atoms in total. The Hall–Kier alpha value is -2.33. The highest BCUT2D eigenvalue weighted by Crippen LogP contribution is 2.28. The van der Waals surface area contributed by atoms with E-state index in [1.54, 1.807) is 4.90 Å². The van der Waals surface area contributed by atoms with Crippen molar-refractivity contribution >= 4 is 11.7 Å². The Morgan fingerprint density at radius 3 is 2.64 bits per heavy atom. The molecule has 22 heavy (non-hydrogen) atoms. The number of anilines is 1. The number of aliphatic hydroxyl groups is 1. The van der Waals surface area contributed by atoms with E-state index in [9.17, 15) is 9.90 Å². The predicted molar refractivity (Wildman–Crippen MR) is 87.7 cm³/mol. The number of benzene rings is 2. The van der Waals surface area contributed by atoms with Crippen LogP contribution in [0.2, 0.25) is 0 Å². The molecule has 1 aliphatic rings. The molecule has 0 unspecified atom stereocenters. The van der Waals surface area contributed by atoms with Crippen molar-refractivity contribution in [2.75, 3.05) is 18.5 Å². The van der Waals surface area contributed by atoms with Crippen LogP contribution >= 0.6 is 0 Å². The Morgan fingerprint density at radius 2 is 1.86 bits per heavy atom. The van der Waals surface area contributed by atoms with E-state index < -0.39 is 0 Å². The fraction of sp³-hybridized carbons (Fsp3) is 0.278. The van der Waals surface area contributed by atoms with E-state index in [0.29, 0.717) is 6.54 Å². The maximum Gasteiger partial charge on any atom is 0.322 e. The van der Waals surface area contributed by atoms with Gasteiger partial charge in [0.05, 0.1) is 18.3 Å². The Kier molecular flexibility index (Phi) is 4.39. The number of carbonyl (C=O) groups is 1. The number of hydrogen-bond donors (Lipinski definition) is 2. The summed E-state index contributed by atoms with van der Waals surface area (Å²) >= 11 is 0. The molecule has 1 saturated heterocycles. The molecular formula is C18H20N2O2. The normalized spacial score (nSPS) is 17.5. The van der Waals surface area contributed by atoms with Crippen molar-refractivity contribution < 1.29 is 9.90 Å². The lowest BCUT2D eigenvalue weighted by Crippen LogP contribution is -2.40. The summed E-state index contributed by atoms with van der Waals surface area (Å²) in [5, 5.41) is 12.4. The summed E-state index contributed by atoms with van der Waals surface area (Å²) in [6, 6.07) is 17.6. The fourth-order valence-corrected chi connectivity index (χ4v) is 2.94. The molecule has 0 aromatic heterocycles. The molecule has 3 rings (SSSR count). The molecule has 1 heterocycles. The number of hydrogen-bond acceptors (Lipinski definition) is 2. The van der Waals surface area contributed by atoms with Gasteiger partial charge in [0.1, 0.15) is 0 Å². The van der Waals surface area contributed by atoms with E-state index in [2.05, 4.69) is 5.32 Å². The highest BCUT2D eigenvalue weighted by molar-refractivity contribution is 5.94. The Morgan fingerprint density at radius 1 is 1.14 bits per heavy atom.